The first-order chi connectivity index (χ1) is 6.00. The van der Waals surface area contributed by atoms with Crippen LogP contribution in [-0.4, -0.2) is 6.03 Å². The van der Waals surface area contributed by atoms with Gasteiger partial charge in [0.15, 0.2) is 0 Å². The number of carbonyl (C=O) groups is 1. The molecule has 0 fully saturated rings. The molecule has 4 nitrogen and oxygen atoms in total. The van der Waals surface area contributed by atoms with E-state index in [2.05, 4.69) is 0 Å². The summed E-state index contributed by atoms with van der Waals surface area (Å²) in [6.07, 6.45) is 0. The van der Waals surface area contributed by atoms with Crippen LogP contribution in [0.3, 0.4) is 0 Å². The molecule has 70 valence electrons. The van der Waals surface area contributed by atoms with E-state index >= 15 is 0 Å². The molecule has 0 spiro atoms. The summed E-state index contributed by atoms with van der Waals surface area (Å²) < 4.78 is 25.2. The number of halogens is 2. The van der Waals surface area contributed by atoms with Crippen LogP contribution in [0.15, 0.2) is 18.2 Å². The van der Waals surface area contributed by atoms with Gasteiger partial charge in [-0.15, -0.1) is 0 Å². The minimum absolute atomic E-state index is 0.134. The third kappa shape index (κ3) is 2.12. The second kappa shape index (κ2) is 3.36. The number of urea groups is 1. The second-order valence-electron chi connectivity index (χ2n) is 2.34. The highest BCUT2D eigenvalue weighted by molar-refractivity contribution is 5.89. The SMILES string of the molecule is NC(=O)N(N)c1cc(F)cc(F)c1. The Morgan fingerprint density at radius 1 is 1.23 bits per heavy atom. The van der Waals surface area contributed by atoms with E-state index in [1.165, 1.54) is 0 Å². The number of nitrogens with zero attached hydrogens (tertiary/aromatic N) is 1. The van der Waals surface area contributed by atoms with Crippen molar-refractivity contribution in [3.8, 4) is 0 Å². The highest BCUT2D eigenvalue weighted by Crippen LogP contribution is 2.14. The standard InChI is InChI=1S/C7H7F2N3O/c8-4-1-5(9)3-6(2-4)12(11)7(10)13/h1-3H,11H2,(H2,10,13). The number of anilines is 1. The Morgan fingerprint density at radius 2 is 1.69 bits per heavy atom. The van der Waals surface area contributed by atoms with E-state index in [4.69, 9.17) is 11.6 Å². The summed E-state index contributed by atoms with van der Waals surface area (Å²) in [4.78, 5) is 10.5. The lowest BCUT2D eigenvalue weighted by atomic mass is 10.3. The smallest absolute Gasteiger partial charge is 0.333 e. The number of hydrazine groups is 1. The summed E-state index contributed by atoms with van der Waals surface area (Å²) in [7, 11) is 0. The fourth-order valence-electron chi connectivity index (χ4n) is 0.806. The lowest BCUT2D eigenvalue weighted by molar-refractivity contribution is 0.254. The Hall–Kier alpha value is -1.69. The van der Waals surface area contributed by atoms with Crippen molar-refractivity contribution >= 4 is 11.7 Å². The minimum Gasteiger partial charge on any atom is -0.350 e. The molecule has 1 rings (SSSR count). The molecule has 1 aromatic carbocycles. The first-order valence-electron chi connectivity index (χ1n) is 3.31. The largest absolute Gasteiger partial charge is 0.350 e. The van der Waals surface area contributed by atoms with Gasteiger partial charge in [0.2, 0.25) is 0 Å². The normalized spacial score (nSPS) is 9.77. The van der Waals surface area contributed by atoms with Gasteiger partial charge in [-0.3, -0.25) is 0 Å². The van der Waals surface area contributed by atoms with Gasteiger partial charge >= 0.3 is 6.03 Å². The Morgan fingerprint density at radius 3 is 2.08 bits per heavy atom. The van der Waals surface area contributed by atoms with Crippen LogP contribution in [0.25, 0.3) is 0 Å². The average Bonchev–Trinajstić information content (AvgIpc) is 2.01. The van der Waals surface area contributed by atoms with Crippen molar-refractivity contribution < 1.29 is 13.6 Å². The lowest BCUT2D eigenvalue weighted by Crippen LogP contribution is -2.41. The van der Waals surface area contributed by atoms with Crippen LogP contribution < -0.4 is 16.6 Å². The van der Waals surface area contributed by atoms with Crippen LogP contribution in [0.1, 0.15) is 0 Å². The molecule has 4 N–H and O–H groups in total. The summed E-state index contributed by atoms with van der Waals surface area (Å²) in [6.45, 7) is 0. The summed E-state index contributed by atoms with van der Waals surface area (Å²) in [6, 6.07) is 1.46. The Labute approximate surface area is 72.7 Å². The first-order valence-corrected chi connectivity index (χ1v) is 3.31. The highest BCUT2D eigenvalue weighted by Gasteiger charge is 2.09. The summed E-state index contributed by atoms with van der Waals surface area (Å²) in [5.74, 6) is 3.45. The van der Waals surface area contributed by atoms with Gasteiger partial charge in [0.25, 0.3) is 0 Å². The lowest BCUT2D eigenvalue weighted by Gasteiger charge is -2.13. The zero-order valence-electron chi connectivity index (χ0n) is 6.50. The number of benzene rings is 1. The van der Waals surface area contributed by atoms with Crippen molar-refractivity contribution in [2.75, 3.05) is 5.01 Å². The predicted molar refractivity (Wildman–Crippen MR) is 42.6 cm³/mol. The molecular weight excluding hydrogens is 180 g/mol. The van der Waals surface area contributed by atoms with Crippen LogP contribution >= 0.6 is 0 Å². The van der Waals surface area contributed by atoms with E-state index in [-0.39, 0.29) is 5.69 Å². The number of nitrogens with two attached hydrogens (primary N) is 2. The van der Waals surface area contributed by atoms with Crippen molar-refractivity contribution in [2.24, 2.45) is 11.6 Å². The third-order valence-corrected chi connectivity index (χ3v) is 1.36. The Balaban J connectivity index is 3.07. The molecule has 0 saturated carbocycles. The van der Waals surface area contributed by atoms with Gasteiger partial charge in [0.1, 0.15) is 11.6 Å². The van der Waals surface area contributed by atoms with Crippen LogP contribution in [0.4, 0.5) is 19.3 Å². The second-order valence-corrected chi connectivity index (χ2v) is 2.34. The van der Waals surface area contributed by atoms with Gasteiger partial charge in [-0.05, 0) is 12.1 Å². The number of amides is 2. The van der Waals surface area contributed by atoms with Gasteiger partial charge in [-0.1, -0.05) is 0 Å². The minimum atomic E-state index is -0.995. The van der Waals surface area contributed by atoms with E-state index in [9.17, 15) is 13.6 Å². The summed E-state index contributed by atoms with van der Waals surface area (Å²) in [5, 5.41) is 0.451. The van der Waals surface area contributed by atoms with Gasteiger partial charge in [-0.25, -0.2) is 24.4 Å². The molecule has 0 radical (unpaired) electrons. The van der Waals surface area contributed by atoms with Gasteiger partial charge in [0, 0.05) is 6.07 Å². The summed E-state index contributed by atoms with van der Waals surface area (Å²) >= 11 is 0. The van der Waals surface area contributed by atoms with E-state index in [0.717, 1.165) is 12.1 Å². The van der Waals surface area contributed by atoms with Crippen molar-refractivity contribution in [1.29, 1.82) is 0 Å². The van der Waals surface area contributed by atoms with Crippen molar-refractivity contribution in [2.45, 2.75) is 0 Å². The van der Waals surface area contributed by atoms with Crippen LogP contribution in [0, 0.1) is 11.6 Å². The third-order valence-electron chi connectivity index (χ3n) is 1.36. The van der Waals surface area contributed by atoms with Crippen molar-refractivity contribution in [1.82, 2.24) is 0 Å². The molecule has 0 heterocycles. The number of hydrogen-bond donors (Lipinski definition) is 2. The Bertz CT molecular complexity index is 322. The molecule has 2 amide bonds. The van der Waals surface area contributed by atoms with Crippen molar-refractivity contribution in [3.05, 3.63) is 29.8 Å². The van der Waals surface area contributed by atoms with Crippen LogP contribution in [0.5, 0.6) is 0 Å². The molecule has 0 aliphatic rings. The quantitative estimate of drug-likeness (QED) is 0.386. The van der Waals surface area contributed by atoms with E-state index < -0.39 is 17.7 Å². The fourth-order valence-corrected chi connectivity index (χ4v) is 0.806. The molecule has 0 aromatic heterocycles. The number of carbonyl (C=O) groups excluding carboxylic acids is 1. The topological polar surface area (TPSA) is 72.4 Å². The summed E-state index contributed by atoms with van der Waals surface area (Å²) in [5.41, 5.74) is 4.65. The molecule has 0 bridgehead atoms. The number of primary amides is 1. The van der Waals surface area contributed by atoms with Crippen molar-refractivity contribution in [3.63, 3.8) is 0 Å². The molecule has 0 saturated heterocycles. The zero-order valence-corrected chi connectivity index (χ0v) is 6.50. The molecular formula is C7H7F2N3O. The van der Waals surface area contributed by atoms with Crippen LogP contribution in [0.2, 0.25) is 0 Å². The average molecular weight is 187 g/mol. The molecule has 1 aromatic rings. The first kappa shape index (κ1) is 9.40. The monoisotopic (exact) mass is 187 g/mol. The number of hydrogen-bond acceptors (Lipinski definition) is 2. The molecule has 0 aliphatic carbocycles. The van der Waals surface area contributed by atoms with Gasteiger partial charge in [-0.2, -0.15) is 0 Å². The van der Waals surface area contributed by atoms with E-state index in [0.29, 0.717) is 11.1 Å². The molecule has 0 aliphatic heterocycles. The van der Waals surface area contributed by atoms with Crippen LogP contribution in [-0.2, 0) is 0 Å². The van der Waals surface area contributed by atoms with E-state index in [1.54, 1.807) is 0 Å². The molecule has 13 heavy (non-hydrogen) atoms. The number of rotatable bonds is 1. The van der Waals surface area contributed by atoms with Gasteiger partial charge in [0.05, 0.1) is 5.69 Å². The zero-order chi connectivity index (χ0) is 10.0. The maximum Gasteiger partial charge on any atom is 0.333 e. The molecule has 0 atom stereocenters. The highest BCUT2D eigenvalue weighted by atomic mass is 19.1. The van der Waals surface area contributed by atoms with E-state index in [1.807, 2.05) is 0 Å². The molecule has 6 heteroatoms. The van der Waals surface area contributed by atoms with Gasteiger partial charge < -0.3 is 5.73 Å². The molecule has 0 unspecified atom stereocenters. The maximum absolute atomic E-state index is 12.6. The predicted octanol–water partition coefficient (Wildman–Crippen LogP) is 0.724. The fraction of sp³-hybridized carbons (Fsp3) is 0. The maximum atomic E-state index is 12.6. The Kier molecular flexibility index (Phi) is 2.43.